The Morgan fingerprint density at radius 1 is 0.921 bits per heavy atom. The van der Waals surface area contributed by atoms with Crippen LogP contribution in [0.2, 0.25) is 0 Å². The first-order valence-corrected chi connectivity index (χ1v) is 14.7. The van der Waals surface area contributed by atoms with Gasteiger partial charge in [0.15, 0.2) is 0 Å². The zero-order valence-electron chi connectivity index (χ0n) is 20.4. The summed E-state index contributed by atoms with van der Waals surface area (Å²) in [5.74, 6) is -0.0476. The van der Waals surface area contributed by atoms with E-state index in [2.05, 4.69) is 10.0 Å². The predicted molar refractivity (Wildman–Crippen MR) is 143 cm³/mol. The topological polar surface area (TPSA) is 126 Å². The number of carbonyl (C=O) groups is 1. The van der Waals surface area contributed by atoms with Crippen molar-refractivity contribution in [2.24, 2.45) is 0 Å². The van der Waals surface area contributed by atoms with E-state index in [1.807, 2.05) is 19.1 Å². The van der Waals surface area contributed by atoms with Crippen molar-refractivity contribution in [3.8, 4) is 0 Å². The molecule has 5 rings (SSSR count). The second-order valence-electron chi connectivity index (χ2n) is 8.89. The van der Waals surface area contributed by atoms with Crippen LogP contribution in [0.3, 0.4) is 0 Å². The number of anilines is 2. The highest BCUT2D eigenvalue weighted by Gasteiger charge is 2.36. The molecule has 1 aliphatic heterocycles. The van der Waals surface area contributed by atoms with E-state index in [1.54, 1.807) is 24.3 Å². The van der Waals surface area contributed by atoms with Crippen molar-refractivity contribution >= 4 is 37.3 Å². The summed E-state index contributed by atoms with van der Waals surface area (Å²) < 4.78 is 61.1. The molecule has 4 aromatic rings. The number of para-hydroxylation sites is 1. The number of hydrogen-bond donors (Lipinski definition) is 2. The fourth-order valence-electron chi connectivity index (χ4n) is 4.40. The van der Waals surface area contributed by atoms with E-state index in [9.17, 15) is 21.6 Å². The molecule has 0 aliphatic carbocycles. The monoisotopic (exact) mass is 551 g/mol. The molecule has 196 valence electrons. The molecule has 0 spiro atoms. The third-order valence-electron chi connectivity index (χ3n) is 6.24. The average molecular weight is 552 g/mol. The molecule has 2 N–H and O–H groups in total. The molecule has 2 heterocycles. The maximum Gasteiger partial charge on any atom is 0.264 e. The molecule has 0 saturated carbocycles. The molecule has 1 aromatic heterocycles. The maximum absolute atomic E-state index is 13.5. The number of furan rings is 1. The number of nitrogens with one attached hydrogen (secondary N) is 2. The van der Waals surface area contributed by atoms with E-state index < -0.39 is 26.0 Å². The molecule has 9 nitrogen and oxygen atoms in total. The van der Waals surface area contributed by atoms with E-state index >= 15 is 0 Å². The molecule has 11 heteroatoms. The van der Waals surface area contributed by atoms with Gasteiger partial charge in [0.25, 0.3) is 15.9 Å². The van der Waals surface area contributed by atoms with Crippen LogP contribution in [-0.4, -0.2) is 28.8 Å². The number of fused-ring (bicyclic) bond motifs is 1. The first-order chi connectivity index (χ1) is 18.1. The van der Waals surface area contributed by atoms with Crippen molar-refractivity contribution in [3.63, 3.8) is 0 Å². The van der Waals surface area contributed by atoms with Gasteiger partial charge in [-0.3, -0.25) is 9.10 Å². The van der Waals surface area contributed by atoms with Crippen LogP contribution in [0.15, 0.2) is 105 Å². The number of amides is 1. The largest absolute Gasteiger partial charge is 0.468 e. The summed E-state index contributed by atoms with van der Waals surface area (Å²) in [6.07, 6.45) is 2.07. The lowest BCUT2D eigenvalue weighted by molar-refractivity contribution is 0.102. The minimum Gasteiger partial charge on any atom is -0.468 e. The molecule has 1 unspecified atom stereocenters. The Morgan fingerprint density at radius 3 is 2.42 bits per heavy atom. The zero-order valence-corrected chi connectivity index (χ0v) is 22.0. The Hall–Kier alpha value is -3.93. The van der Waals surface area contributed by atoms with Gasteiger partial charge in [-0.15, -0.1) is 0 Å². The lowest BCUT2D eigenvalue weighted by Gasteiger charge is -2.24. The van der Waals surface area contributed by atoms with Crippen LogP contribution in [0.4, 0.5) is 11.4 Å². The minimum absolute atomic E-state index is 0.00879. The standard InChI is InChI=1S/C27H25N3O6S2/c1-19-16-20-6-2-3-10-26(20)30(19)38(34,35)25-9-4-7-21(17-25)27(31)29-22-11-13-24(14-12-22)37(32,33)28-18-23-8-5-15-36-23/h2-15,17,19,28H,16,18H2,1H3,(H,29,31). The Morgan fingerprint density at radius 2 is 1.68 bits per heavy atom. The molecule has 1 amide bonds. The van der Waals surface area contributed by atoms with Gasteiger partial charge < -0.3 is 9.73 Å². The third kappa shape index (κ3) is 5.08. The molecular formula is C27H25N3O6S2. The fraction of sp³-hybridized carbons (Fsp3) is 0.148. The van der Waals surface area contributed by atoms with Gasteiger partial charge in [-0.05, 0) is 79.6 Å². The molecule has 1 atom stereocenters. The van der Waals surface area contributed by atoms with Gasteiger partial charge in [0.2, 0.25) is 10.0 Å². The van der Waals surface area contributed by atoms with Gasteiger partial charge in [-0.2, -0.15) is 0 Å². The van der Waals surface area contributed by atoms with E-state index in [-0.39, 0.29) is 27.9 Å². The number of nitrogens with zero attached hydrogens (tertiary/aromatic N) is 1. The van der Waals surface area contributed by atoms with Gasteiger partial charge >= 0.3 is 0 Å². The summed E-state index contributed by atoms with van der Waals surface area (Å²) in [7, 11) is -7.68. The van der Waals surface area contributed by atoms with Gasteiger partial charge in [-0.1, -0.05) is 24.3 Å². The van der Waals surface area contributed by atoms with Crippen LogP contribution in [0.25, 0.3) is 0 Å². The van der Waals surface area contributed by atoms with Crippen molar-refractivity contribution in [1.82, 2.24) is 4.72 Å². The summed E-state index contributed by atoms with van der Waals surface area (Å²) >= 11 is 0. The third-order valence-corrected chi connectivity index (χ3v) is 9.58. The van der Waals surface area contributed by atoms with Crippen molar-refractivity contribution in [2.75, 3.05) is 9.62 Å². The SMILES string of the molecule is CC1Cc2ccccc2N1S(=O)(=O)c1cccc(C(=O)Nc2ccc(S(=O)(=O)NCc3ccco3)cc2)c1. The summed E-state index contributed by atoms with van der Waals surface area (Å²) in [5, 5.41) is 2.69. The molecule has 3 aromatic carbocycles. The lowest BCUT2D eigenvalue weighted by atomic mass is 10.1. The molecule has 1 aliphatic rings. The first-order valence-electron chi connectivity index (χ1n) is 11.8. The van der Waals surface area contributed by atoms with E-state index in [0.29, 0.717) is 23.6 Å². The number of benzene rings is 3. The molecule has 0 bridgehead atoms. The number of hydrogen-bond acceptors (Lipinski definition) is 6. The average Bonchev–Trinajstić information content (AvgIpc) is 3.55. The van der Waals surface area contributed by atoms with Crippen LogP contribution in [0.1, 0.15) is 28.6 Å². The van der Waals surface area contributed by atoms with Gasteiger partial charge in [0.1, 0.15) is 5.76 Å². The molecule has 0 radical (unpaired) electrons. The van der Waals surface area contributed by atoms with Crippen molar-refractivity contribution < 1.29 is 26.0 Å². The first kappa shape index (κ1) is 25.7. The summed E-state index contributed by atoms with van der Waals surface area (Å²) in [4.78, 5) is 13.0. The second kappa shape index (κ2) is 10.1. The maximum atomic E-state index is 13.5. The zero-order chi connectivity index (χ0) is 26.9. The minimum atomic E-state index is -3.90. The second-order valence-corrected chi connectivity index (χ2v) is 12.5. The van der Waals surface area contributed by atoms with Crippen LogP contribution < -0.4 is 14.3 Å². The number of rotatable bonds is 8. The summed E-state index contributed by atoms with van der Waals surface area (Å²) in [5.41, 5.74) is 2.11. The summed E-state index contributed by atoms with van der Waals surface area (Å²) in [6.45, 7) is 1.86. The number of sulfonamides is 2. The van der Waals surface area contributed by atoms with Gasteiger partial charge in [-0.25, -0.2) is 21.6 Å². The van der Waals surface area contributed by atoms with Crippen LogP contribution in [0, 0.1) is 0 Å². The highest BCUT2D eigenvalue weighted by Crippen LogP contribution is 2.36. The molecule has 0 saturated heterocycles. The van der Waals surface area contributed by atoms with Crippen molar-refractivity contribution in [3.05, 3.63) is 108 Å². The Kier molecular flexibility index (Phi) is 6.82. The lowest BCUT2D eigenvalue weighted by Crippen LogP contribution is -2.35. The van der Waals surface area contributed by atoms with Crippen molar-refractivity contribution in [1.29, 1.82) is 0 Å². The summed E-state index contributed by atoms with van der Waals surface area (Å²) in [6, 6.07) is 22.0. The number of carbonyl (C=O) groups excluding carboxylic acids is 1. The van der Waals surface area contributed by atoms with Gasteiger partial charge in [0, 0.05) is 17.3 Å². The Bertz CT molecular complexity index is 1680. The fourth-order valence-corrected chi connectivity index (χ4v) is 7.13. The molecule has 0 fully saturated rings. The predicted octanol–water partition coefficient (Wildman–Crippen LogP) is 4.15. The highest BCUT2D eigenvalue weighted by molar-refractivity contribution is 7.93. The van der Waals surface area contributed by atoms with Crippen LogP contribution in [-0.2, 0) is 33.0 Å². The van der Waals surface area contributed by atoms with E-state index in [4.69, 9.17) is 4.42 Å². The Balaban J connectivity index is 1.30. The van der Waals surface area contributed by atoms with Gasteiger partial charge in [0.05, 0.1) is 28.3 Å². The molecule has 38 heavy (non-hydrogen) atoms. The smallest absolute Gasteiger partial charge is 0.264 e. The van der Waals surface area contributed by atoms with Crippen LogP contribution >= 0.6 is 0 Å². The van der Waals surface area contributed by atoms with E-state index in [1.165, 1.54) is 59.1 Å². The molecular weight excluding hydrogens is 526 g/mol. The highest BCUT2D eigenvalue weighted by atomic mass is 32.2. The van der Waals surface area contributed by atoms with Crippen molar-refractivity contribution in [2.45, 2.75) is 35.7 Å². The van der Waals surface area contributed by atoms with Crippen LogP contribution in [0.5, 0.6) is 0 Å². The Labute approximate surface area is 221 Å². The quantitative estimate of drug-likeness (QED) is 0.339. The normalized spacial score (nSPS) is 15.3. The van der Waals surface area contributed by atoms with E-state index in [0.717, 1.165) is 5.56 Å².